The molecule has 1 N–H and O–H groups in total. The molecular formula is C33H49N5O2Sn. The Morgan fingerprint density at radius 3 is 2.29 bits per heavy atom. The molecule has 8 heteroatoms. The maximum Gasteiger partial charge on any atom is 0.298 e. The molecule has 1 aromatic carbocycles. The number of aromatic nitrogens is 3. The van der Waals surface area contributed by atoms with Crippen LogP contribution in [0.3, 0.4) is 0 Å². The molecule has 0 aliphatic carbocycles. The Labute approximate surface area is 250 Å². The molecule has 0 radical (unpaired) electrons. The first-order valence-electron chi connectivity index (χ1n) is 15.7. The molecule has 7 nitrogen and oxygen atoms in total. The van der Waals surface area contributed by atoms with E-state index in [2.05, 4.69) is 66.1 Å². The summed E-state index contributed by atoms with van der Waals surface area (Å²) >= 11 is -2.21. The van der Waals surface area contributed by atoms with Crippen molar-refractivity contribution >= 4 is 39.2 Å². The van der Waals surface area contributed by atoms with Crippen molar-refractivity contribution in [1.29, 1.82) is 0 Å². The SMILES string of the molecule is CCC[CH2][Sn]([CH2]CCC)([CH2]CCC)[c]1ccccn1.Cc1cc(-c2ncco2)c2oc(N3CCNC[C@@H]3C)nc2c1. The molecule has 0 bridgehead atoms. The van der Waals surface area contributed by atoms with Crippen LogP contribution >= 0.6 is 0 Å². The third kappa shape index (κ3) is 8.13. The van der Waals surface area contributed by atoms with Crippen molar-refractivity contribution in [2.75, 3.05) is 24.5 Å². The average Bonchev–Trinajstić information content (AvgIpc) is 3.68. The first kappa shape index (κ1) is 31.5. The molecule has 0 spiro atoms. The van der Waals surface area contributed by atoms with E-state index in [0.29, 0.717) is 17.9 Å². The number of oxazole rings is 2. The number of hydrogen-bond acceptors (Lipinski definition) is 7. The van der Waals surface area contributed by atoms with Crippen molar-refractivity contribution in [3.8, 4) is 11.5 Å². The molecule has 4 aromatic rings. The van der Waals surface area contributed by atoms with Crippen LogP contribution in [-0.2, 0) is 0 Å². The Morgan fingerprint density at radius 1 is 0.976 bits per heavy atom. The van der Waals surface area contributed by atoms with Crippen LogP contribution in [0.25, 0.3) is 22.6 Å². The van der Waals surface area contributed by atoms with Crippen molar-refractivity contribution in [2.45, 2.75) is 92.5 Å². The number of fused-ring (bicyclic) bond motifs is 1. The second-order valence-corrected chi connectivity index (χ2v) is 24.6. The van der Waals surface area contributed by atoms with Gasteiger partial charge in [0.05, 0.1) is 11.8 Å². The standard InChI is InChI=1S/C16H18N4O2.C5H4N.3C4H9.Sn/c1-10-7-12(15-18-4-6-21-15)14-13(8-10)19-16(22-14)20-5-3-17-9-11(20)2;1-2-4-6-5-3-1;3*1-3-4-2;/h4,6-8,11,17H,3,5,9H2,1-2H3;1-4H;3*1,3-4H2,2H3;/t11-;;;;;/m0...../s1. The molecule has 222 valence electrons. The van der Waals surface area contributed by atoms with Crippen molar-refractivity contribution in [1.82, 2.24) is 20.3 Å². The number of hydrogen-bond donors (Lipinski definition) is 1. The van der Waals surface area contributed by atoms with Crippen LogP contribution in [0.4, 0.5) is 6.01 Å². The molecule has 5 rings (SSSR count). The van der Waals surface area contributed by atoms with Gasteiger partial charge in [-0.25, -0.2) is 4.98 Å². The molecule has 0 saturated carbocycles. The van der Waals surface area contributed by atoms with Gasteiger partial charge in [0.25, 0.3) is 6.01 Å². The summed E-state index contributed by atoms with van der Waals surface area (Å²) in [5, 5.41) is 3.37. The zero-order valence-corrected chi connectivity index (χ0v) is 28.6. The third-order valence-electron chi connectivity index (χ3n) is 8.27. The fraction of sp³-hybridized carbons (Fsp3) is 0.545. The van der Waals surface area contributed by atoms with E-state index in [1.807, 2.05) is 25.3 Å². The van der Waals surface area contributed by atoms with Crippen molar-refractivity contribution in [3.63, 3.8) is 0 Å². The molecule has 0 unspecified atom stereocenters. The predicted octanol–water partition coefficient (Wildman–Crippen LogP) is 7.73. The molecule has 1 saturated heterocycles. The van der Waals surface area contributed by atoms with E-state index in [-0.39, 0.29) is 0 Å². The maximum atomic E-state index is 6.07. The smallest absolute Gasteiger partial charge is 0.298 e. The third-order valence-corrected chi connectivity index (χ3v) is 23.4. The van der Waals surface area contributed by atoms with Crippen LogP contribution in [0, 0.1) is 6.92 Å². The quantitative estimate of drug-likeness (QED) is 0.155. The fourth-order valence-corrected chi connectivity index (χ4v) is 21.3. The van der Waals surface area contributed by atoms with Gasteiger partial charge in [-0.1, -0.05) is 0 Å². The first-order chi connectivity index (χ1) is 20.0. The van der Waals surface area contributed by atoms with Gasteiger partial charge in [-0.15, -0.1) is 0 Å². The minimum Gasteiger partial charge on any atom is -0.444 e. The van der Waals surface area contributed by atoms with Gasteiger partial charge in [-0.3, -0.25) is 0 Å². The van der Waals surface area contributed by atoms with Crippen molar-refractivity contribution in [2.24, 2.45) is 0 Å². The van der Waals surface area contributed by atoms with Gasteiger partial charge >= 0.3 is 124 Å². The normalized spacial score (nSPS) is 15.6. The molecule has 3 aromatic heterocycles. The van der Waals surface area contributed by atoms with Crippen LogP contribution in [0.5, 0.6) is 0 Å². The summed E-state index contributed by atoms with van der Waals surface area (Å²) in [6.07, 6.45) is 13.5. The van der Waals surface area contributed by atoms with Crippen LogP contribution in [-0.4, -0.2) is 59.0 Å². The number of pyridine rings is 1. The molecule has 1 atom stereocenters. The Morgan fingerprint density at radius 2 is 1.71 bits per heavy atom. The molecule has 4 heterocycles. The number of unbranched alkanes of at least 4 members (excludes halogenated alkanes) is 3. The summed E-state index contributed by atoms with van der Waals surface area (Å²) in [6, 6.07) is 11.7. The van der Waals surface area contributed by atoms with Gasteiger partial charge in [0.1, 0.15) is 11.8 Å². The van der Waals surface area contributed by atoms with E-state index in [4.69, 9.17) is 13.8 Å². The maximum absolute atomic E-state index is 6.07. The average molecular weight is 666 g/mol. The molecule has 41 heavy (non-hydrogen) atoms. The van der Waals surface area contributed by atoms with E-state index in [9.17, 15) is 0 Å². The Bertz CT molecular complexity index is 1290. The molecular weight excluding hydrogens is 617 g/mol. The number of aryl methyl sites for hydroxylation is 1. The molecule has 1 aliphatic heterocycles. The van der Waals surface area contributed by atoms with Crippen LogP contribution in [0.1, 0.15) is 71.8 Å². The van der Waals surface area contributed by atoms with Crippen LogP contribution in [0.2, 0.25) is 13.3 Å². The van der Waals surface area contributed by atoms with E-state index in [1.165, 1.54) is 51.8 Å². The molecule has 1 fully saturated rings. The van der Waals surface area contributed by atoms with Gasteiger partial charge in [0.15, 0.2) is 5.58 Å². The second-order valence-electron chi connectivity index (χ2n) is 11.5. The first-order valence-corrected chi connectivity index (χ1v) is 23.2. The Hall–Kier alpha value is -2.39. The minimum atomic E-state index is -2.21. The summed E-state index contributed by atoms with van der Waals surface area (Å²) in [5.41, 5.74) is 3.53. The number of nitrogens with one attached hydrogen (secondary N) is 1. The molecule has 1 aliphatic rings. The minimum absolute atomic E-state index is 0.355. The fourth-order valence-electron chi connectivity index (χ4n) is 5.91. The monoisotopic (exact) mass is 667 g/mol. The van der Waals surface area contributed by atoms with Gasteiger partial charge < -0.3 is 19.1 Å². The van der Waals surface area contributed by atoms with E-state index < -0.39 is 18.4 Å². The largest absolute Gasteiger partial charge is 0.444 e. The number of rotatable bonds is 12. The summed E-state index contributed by atoms with van der Waals surface area (Å²) in [7, 11) is 0. The van der Waals surface area contributed by atoms with Gasteiger partial charge in [0, 0.05) is 25.7 Å². The number of nitrogens with zero attached hydrogens (tertiary/aromatic N) is 4. The number of piperazine rings is 1. The van der Waals surface area contributed by atoms with Crippen LogP contribution in [0.15, 0.2) is 57.8 Å². The zero-order valence-electron chi connectivity index (χ0n) is 25.8. The predicted molar refractivity (Wildman–Crippen MR) is 173 cm³/mol. The Kier molecular flexibility index (Phi) is 12.1. The second kappa shape index (κ2) is 15.7. The molecule has 0 amide bonds. The summed E-state index contributed by atoms with van der Waals surface area (Å²) in [6.45, 7) is 14.0. The van der Waals surface area contributed by atoms with Crippen molar-refractivity contribution < 1.29 is 8.83 Å². The topological polar surface area (TPSA) is 80.2 Å². The van der Waals surface area contributed by atoms with Gasteiger partial charge in [-0.05, 0) is 31.5 Å². The summed E-state index contributed by atoms with van der Waals surface area (Å²) in [4.78, 5) is 15.9. The Balaban J connectivity index is 0.000000192. The van der Waals surface area contributed by atoms with Crippen molar-refractivity contribution in [3.05, 3.63) is 54.6 Å². The zero-order chi connectivity index (χ0) is 29.1. The van der Waals surface area contributed by atoms with Gasteiger partial charge in [0.2, 0.25) is 5.89 Å². The van der Waals surface area contributed by atoms with E-state index in [1.54, 1.807) is 16.2 Å². The van der Waals surface area contributed by atoms with E-state index in [0.717, 1.165) is 41.9 Å². The summed E-state index contributed by atoms with van der Waals surface area (Å²) in [5.74, 6) is 0.560. The van der Waals surface area contributed by atoms with Gasteiger partial charge in [-0.2, -0.15) is 4.98 Å². The summed E-state index contributed by atoms with van der Waals surface area (Å²) < 4.78 is 17.6. The number of benzene rings is 1. The number of anilines is 1. The van der Waals surface area contributed by atoms with E-state index >= 15 is 0 Å². The van der Waals surface area contributed by atoms with Crippen LogP contribution < -0.4 is 13.9 Å².